The number of rotatable bonds is 4. The summed E-state index contributed by atoms with van der Waals surface area (Å²) in [6.07, 6.45) is 2.26. The number of hydrogen-bond donors (Lipinski definition) is 3. The maximum atomic E-state index is 11.4. The molecule has 1 heterocycles. The molecule has 108 valence electrons. The first-order valence-corrected chi connectivity index (χ1v) is 6.61. The quantitative estimate of drug-likeness (QED) is 0.774. The van der Waals surface area contributed by atoms with Crippen LogP contribution in [-0.2, 0) is 4.79 Å². The SMILES string of the molecule is Cc1cc(C(N)=O)cc(NC2CCCC2(C)C(=O)O)n1. The first kappa shape index (κ1) is 14.3. The van der Waals surface area contributed by atoms with Gasteiger partial charge in [0.2, 0.25) is 5.91 Å². The first-order chi connectivity index (χ1) is 9.33. The second-order valence-corrected chi connectivity index (χ2v) is 5.56. The van der Waals surface area contributed by atoms with Crippen molar-refractivity contribution in [3.05, 3.63) is 23.4 Å². The number of nitrogens with two attached hydrogens (primary N) is 1. The number of pyridine rings is 1. The summed E-state index contributed by atoms with van der Waals surface area (Å²) in [6, 6.07) is 2.98. The van der Waals surface area contributed by atoms with Gasteiger partial charge in [-0.15, -0.1) is 0 Å². The number of nitrogens with zero attached hydrogens (tertiary/aromatic N) is 1. The Morgan fingerprint density at radius 2 is 2.20 bits per heavy atom. The maximum Gasteiger partial charge on any atom is 0.311 e. The van der Waals surface area contributed by atoms with Gasteiger partial charge in [0, 0.05) is 17.3 Å². The van der Waals surface area contributed by atoms with E-state index in [1.807, 2.05) is 0 Å². The van der Waals surface area contributed by atoms with Crippen molar-refractivity contribution in [2.75, 3.05) is 5.32 Å². The zero-order valence-corrected chi connectivity index (χ0v) is 11.6. The molecular weight excluding hydrogens is 258 g/mol. The molecule has 0 aromatic carbocycles. The fourth-order valence-electron chi connectivity index (χ4n) is 2.72. The van der Waals surface area contributed by atoms with Crippen LogP contribution in [0.1, 0.15) is 42.2 Å². The lowest BCUT2D eigenvalue weighted by atomic mass is 9.85. The smallest absolute Gasteiger partial charge is 0.311 e. The second-order valence-electron chi connectivity index (χ2n) is 5.56. The Labute approximate surface area is 117 Å². The maximum absolute atomic E-state index is 11.4. The number of nitrogens with one attached hydrogen (secondary N) is 1. The minimum atomic E-state index is -0.810. The minimum Gasteiger partial charge on any atom is -0.481 e. The number of aromatic nitrogens is 1. The highest BCUT2D eigenvalue weighted by Gasteiger charge is 2.45. The Bertz CT molecular complexity index is 559. The number of primary amides is 1. The molecule has 1 amide bonds. The molecule has 2 rings (SSSR count). The van der Waals surface area contributed by atoms with Gasteiger partial charge in [-0.1, -0.05) is 6.42 Å². The first-order valence-electron chi connectivity index (χ1n) is 6.61. The molecule has 0 saturated heterocycles. The van der Waals surface area contributed by atoms with Crippen molar-refractivity contribution in [3.63, 3.8) is 0 Å². The molecule has 1 aliphatic carbocycles. The Morgan fingerprint density at radius 1 is 1.50 bits per heavy atom. The van der Waals surface area contributed by atoms with Gasteiger partial charge in [-0.25, -0.2) is 4.98 Å². The van der Waals surface area contributed by atoms with Gasteiger partial charge in [0.1, 0.15) is 5.82 Å². The largest absolute Gasteiger partial charge is 0.481 e. The number of aryl methyl sites for hydroxylation is 1. The van der Waals surface area contributed by atoms with E-state index >= 15 is 0 Å². The number of carboxylic acids is 1. The third-order valence-corrected chi connectivity index (χ3v) is 4.01. The van der Waals surface area contributed by atoms with Crippen LogP contribution in [-0.4, -0.2) is 28.0 Å². The van der Waals surface area contributed by atoms with Crippen LogP contribution in [0.4, 0.5) is 5.82 Å². The highest BCUT2D eigenvalue weighted by Crippen LogP contribution is 2.39. The van der Waals surface area contributed by atoms with Crippen LogP contribution in [0.25, 0.3) is 0 Å². The summed E-state index contributed by atoms with van der Waals surface area (Å²) >= 11 is 0. The normalized spacial score (nSPS) is 25.4. The fourth-order valence-corrected chi connectivity index (χ4v) is 2.72. The van der Waals surface area contributed by atoms with Crippen molar-refractivity contribution in [3.8, 4) is 0 Å². The highest BCUT2D eigenvalue weighted by atomic mass is 16.4. The summed E-state index contributed by atoms with van der Waals surface area (Å²) in [5.41, 5.74) is 5.50. The van der Waals surface area contributed by atoms with Crippen molar-refractivity contribution < 1.29 is 14.7 Å². The Morgan fingerprint density at radius 3 is 2.80 bits per heavy atom. The summed E-state index contributed by atoms with van der Waals surface area (Å²) < 4.78 is 0. The molecule has 0 spiro atoms. The lowest BCUT2D eigenvalue weighted by Gasteiger charge is -2.28. The van der Waals surface area contributed by atoms with Gasteiger partial charge in [0.25, 0.3) is 0 Å². The molecule has 1 aliphatic rings. The molecule has 4 N–H and O–H groups in total. The number of aliphatic carboxylic acids is 1. The van der Waals surface area contributed by atoms with Gasteiger partial charge in [-0.2, -0.15) is 0 Å². The minimum absolute atomic E-state index is 0.199. The molecule has 6 heteroatoms. The van der Waals surface area contributed by atoms with E-state index in [-0.39, 0.29) is 6.04 Å². The van der Waals surface area contributed by atoms with Gasteiger partial charge < -0.3 is 16.2 Å². The molecule has 2 unspecified atom stereocenters. The van der Waals surface area contributed by atoms with Crippen LogP contribution in [0.3, 0.4) is 0 Å². The number of hydrogen-bond acceptors (Lipinski definition) is 4. The Kier molecular flexibility index (Phi) is 3.65. The van der Waals surface area contributed by atoms with Crippen LogP contribution in [0, 0.1) is 12.3 Å². The van der Waals surface area contributed by atoms with E-state index in [0.29, 0.717) is 23.5 Å². The van der Waals surface area contributed by atoms with Gasteiger partial charge in [-0.3, -0.25) is 9.59 Å². The van der Waals surface area contributed by atoms with Crippen LogP contribution in [0.2, 0.25) is 0 Å². The molecule has 1 aromatic heterocycles. The Hall–Kier alpha value is -2.11. The van der Waals surface area contributed by atoms with Crippen molar-refractivity contribution >= 4 is 17.7 Å². The zero-order valence-electron chi connectivity index (χ0n) is 11.6. The standard InChI is InChI=1S/C14H19N3O3/c1-8-6-9(12(15)18)7-11(16-8)17-10-4-3-5-14(10,2)13(19)20/h6-7,10H,3-5H2,1-2H3,(H2,15,18)(H,16,17)(H,19,20). The number of carboxylic acid groups (broad SMARTS) is 1. The van der Waals surface area contributed by atoms with Crippen LogP contribution in [0.5, 0.6) is 0 Å². The van der Waals surface area contributed by atoms with Gasteiger partial charge >= 0.3 is 5.97 Å². The van der Waals surface area contributed by atoms with E-state index in [1.54, 1.807) is 26.0 Å². The lowest BCUT2D eigenvalue weighted by molar-refractivity contribution is -0.147. The third kappa shape index (κ3) is 2.59. The van der Waals surface area contributed by atoms with E-state index in [4.69, 9.17) is 5.73 Å². The number of anilines is 1. The summed E-state index contributed by atoms with van der Waals surface area (Å²) in [7, 11) is 0. The molecule has 1 aromatic rings. The van der Waals surface area contributed by atoms with E-state index in [0.717, 1.165) is 12.8 Å². The molecule has 2 atom stereocenters. The summed E-state index contributed by atoms with van der Waals surface area (Å²) in [6.45, 7) is 3.51. The number of carbonyl (C=O) groups is 2. The molecule has 1 saturated carbocycles. The predicted octanol–water partition coefficient (Wildman–Crippen LogP) is 1.54. The monoisotopic (exact) mass is 277 g/mol. The number of carbonyl (C=O) groups excluding carboxylic acids is 1. The topological polar surface area (TPSA) is 105 Å². The van der Waals surface area contributed by atoms with Gasteiger partial charge in [-0.05, 0) is 38.8 Å². The average Bonchev–Trinajstić information content (AvgIpc) is 2.71. The van der Waals surface area contributed by atoms with Crippen molar-refractivity contribution in [2.45, 2.75) is 39.2 Å². The molecule has 6 nitrogen and oxygen atoms in total. The molecular formula is C14H19N3O3. The van der Waals surface area contributed by atoms with Crippen LogP contribution < -0.4 is 11.1 Å². The van der Waals surface area contributed by atoms with Crippen LogP contribution in [0.15, 0.2) is 12.1 Å². The predicted molar refractivity (Wildman–Crippen MR) is 74.5 cm³/mol. The fraction of sp³-hybridized carbons (Fsp3) is 0.500. The molecule has 1 fully saturated rings. The van der Waals surface area contributed by atoms with E-state index < -0.39 is 17.3 Å². The summed E-state index contributed by atoms with van der Waals surface area (Å²) in [5.74, 6) is -0.834. The third-order valence-electron chi connectivity index (χ3n) is 4.01. The Balaban J connectivity index is 2.26. The summed E-state index contributed by atoms with van der Waals surface area (Å²) in [5, 5.41) is 12.5. The highest BCUT2D eigenvalue weighted by molar-refractivity contribution is 5.93. The second kappa shape index (κ2) is 5.11. The molecule has 0 radical (unpaired) electrons. The molecule has 0 aliphatic heterocycles. The molecule has 0 bridgehead atoms. The summed E-state index contributed by atoms with van der Waals surface area (Å²) in [4.78, 5) is 27.0. The van der Waals surface area contributed by atoms with E-state index in [1.165, 1.54) is 0 Å². The van der Waals surface area contributed by atoms with Crippen LogP contribution >= 0.6 is 0 Å². The molecule has 20 heavy (non-hydrogen) atoms. The van der Waals surface area contributed by atoms with E-state index in [2.05, 4.69) is 10.3 Å². The average molecular weight is 277 g/mol. The van der Waals surface area contributed by atoms with Gasteiger partial charge in [0.05, 0.1) is 5.41 Å². The van der Waals surface area contributed by atoms with Crippen molar-refractivity contribution in [1.82, 2.24) is 4.98 Å². The van der Waals surface area contributed by atoms with Crippen molar-refractivity contribution in [1.29, 1.82) is 0 Å². The van der Waals surface area contributed by atoms with Crippen molar-refractivity contribution in [2.24, 2.45) is 11.1 Å². The van der Waals surface area contributed by atoms with E-state index in [9.17, 15) is 14.7 Å². The zero-order chi connectivity index (χ0) is 14.9. The lowest BCUT2D eigenvalue weighted by Crippen LogP contribution is -2.40. The van der Waals surface area contributed by atoms with Gasteiger partial charge in [0.15, 0.2) is 0 Å². The number of amides is 1.